The lowest BCUT2D eigenvalue weighted by Crippen LogP contribution is -2.35. The van der Waals surface area contributed by atoms with Gasteiger partial charge in [0.25, 0.3) is 0 Å². The largest absolute Gasteiger partial charge is 0.462 e. The molecule has 1 saturated heterocycles. The van der Waals surface area contributed by atoms with E-state index in [0.29, 0.717) is 46.1 Å². The van der Waals surface area contributed by atoms with Crippen molar-refractivity contribution in [3.63, 3.8) is 0 Å². The molecule has 0 spiro atoms. The first-order valence-corrected chi connectivity index (χ1v) is 16.2. The van der Waals surface area contributed by atoms with E-state index in [4.69, 9.17) is 9.72 Å². The number of nitrogens with one attached hydrogen (secondary N) is 3. The van der Waals surface area contributed by atoms with Crippen LogP contribution in [0.4, 0.5) is 28.4 Å². The first-order valence-electron chi connectivity index (χ1n) is 13.7. The van der Waals surface area contributed by atoms with Crippen LogP contribution in [0, 0.1) is 12.8 Å². The first kappa shape index (κ1) is 30.5. The Morgan fingerprint density at radius 3 is 2.54 bits per heavy atom. The summed E-state index contributed by atoms with van der Waals surface area (Å²) in [5.41, 5.74) is 2.03. The molecule has 4 rings (SSSR count). The van der Waals surface area contributed by atoms with Crippen LogP contribution < -0.4 is 20.3 Å². The van der Waals surface area contributed by atoms with E-state index in [1.54, 1.807) is 26.0 Å². The number of hydrogen-bond donors (Lipinski definition) is 4. The minimum atomic E-state index is -3.35. The maximum atomic E-state index is 12.3. The summed E-state index contributed by atoms with van der Waals surface area (Å²) in [5.74, 6) is 1.61. The van der Waals surface area contributed by atoms with Crippen molar-refractivity contribution in [2.45, 2.75) is 46.6 Å². The Hall–Kier alpha value is -3.49. The van der Waals surface area contributed by atoms with Gasteiger partial charge >= 0.3 is 5.97 Å². The number of aromatic nitrogens is 3. The number of nitrogens with zero attached hydrogens (tertiary/aromatic N) is 4. The number of thiazole rings is 1. The number of piperidine rings is 1. The van der Waals surface area contributed by atoms with E-state index in [9.17, 15) is 18.3 Å². The molecular formula is C27H37N7O5S2. The summed E-state index contributed by atoms with van der Waals surface area (Å²) in [6, 6.07) is 9.06. The molecule has 41 heavy (non-hydrogen) atoms. The lowest BCUT2D eigenvalue weighted by molar-refractivity contribution is 0.0531. The van der Waals surface area contributed by atoms with Gasteiger partial charge in [-0.05, 0) is 56.7 Å². The normalized spacial score (nSPS) is 14.1. The Kier molecular flexibility index (Phi) is 10.3. The van der Waals surface area contributed by atoms with Crippen molar-refractivity contribution >= 4 is 55.7 Å². The molecule has 1 aromatic carbocycles. The van der Waals surface area contributed by atoms with Crippen molar-refractivity contribution < 1.29 is 23.1 Å². The fourth-order valence-electron chi connectivity index (χ4n) is 4.40. The molecule has 12 nitrogen and oxygen atoms in total. The van der Waals surface area contributed by atoms with Crippen LogP contribution in [0.5, 0.6) is 0 Å². The van der Waals surface area contributed by atoms with Gasteiger partial charge in [-0.1, -0.05) is 30.4 Å². The zero-order valence-electron chi connectivity index (χ0n) is 23.5. The second kappa shape index (κ2) is 13.9. The molecule has 222 valence electrons. The Labute approximate surface area is 244 Å². The third kappa shape index (κ3) is 8.50. The molecule has 3 heterocycles. The van der Waals surface area contributed by atoms with Crippen molar-refractivity contribution in [3.8, 4) is 0 Å². The van der Waals surface area contributed by atoms with Gasteiger partial charge in [-0.3, -0.25) is 10.0 Å². The van der Waals surface area contributed by atoms with E-state index in [1.807, 2.05) is 25.1 Å². The number of aliphatic hydroxyl groups excluding tert-OH is 1. The van der Waals surface area contributed by atoms with Gasteiger partial charge in [0.2, 0.25) is 16.0 Å². The second-order valence-corrected chi connectivity index (χ2v) is 12.6. The standard InChI is InChI=1S/C27H37N7O5S2/c1-4-14-41(37,38)33-21-8-6-19(7-9-21)16-28-22-15-23(34-12-10-20(17-35)11-13-34)31-26(30-22)32-27-29-18(3)24(40-27)25(36)39-5-2/h6-9,15,20,33,35H,4-5,10-14,16-17H2,1-3H3,(H2,28,29,30,31,32). The number of benzene rings is 1. The molecule has 0 bridgehead atoms. The van der Waals surface area contributed by atoms with Crippen molar-refractivity contribution in [3.05, 3.63) is 46.5 Å². The van der Waals surface area contributed by atoms with Gasteiger partial charge in [0.1, 0.15) is 16.5 Å². The van der Waals surface area contributed by atoms with Crippen LogP contribution in [0.25, 0.3) is 0 Å². The van der Waals surface area contributed by atoms with Gasteiger partial charge in [0.05, 0.1) is 18.1 Å². The highest BCUT2D eigenvalue weighted by Gasteiger charge is 2.22. The number of sulfonamides is 1. The fourth-order valence-corrected chi connectivity index (χ4v) is 6.39. The average molecular weight is 604 g/mol. The zero-order valence-corrected chi connectivity index (χ0v) is 25.1. The molecular weight excluding hydrogens is 566 g/mol. The molecule has 14 heteroatoms. The van der Waals surface area contributed by atoms with Crippen molar-refractivity contribution in [2.24, 2.45) is 5.92 Å². The summed E-state index contributed by atoms with van der Waals surface area (Å²) in [7, 11) is -3.35. The summed E-state index contributed by atoms with van der Waals surface area (Å²) in [6.45, 7) is 7.78. The lowest BCUT2D eigenvalue weighted by Gasteiger charge is -2.32. The number of hydrogen-bond acceptors (Lipinski definition) is 12. The molecule has 0 aliphatic carbocycles. The number of carbonyl (C=O) groups is 1. The molecule has 4 N–H and O–H groups in total. The molecule has 1 aliphatic rings. The van der Waals surface area contributed by atoms with Gasteiger partial charge in [-0.25, -0.2) is 18.2 Å². The predicted molar refractivity (Wildman–Crippen MR) is 162 cm³/mol. The monoisotopic (exact) mass is 603 g/mol. The summed E-state index contributed by atoms with van der Waals surface area (Å²) in [6.07, 6.45) is 2.28. The Morgan fingerprint density at radius 2 is 1.88 bits per heavy atom. The number of aliphatic hydroxyl groups is 1. The summed E-state index contributed by atoms with van der Waals surface area (Å²) < 4.78 is 31.8. The maximum absolute atomic E-state index is 12.3. The van der Waals surface area contributed by atoms with Crippen LogP contribution in [0.1, 0.15) is 54.0 Å². The van der Waals surface area contributed by atoms with Crippen molar-refractivity contribution in [1.29, 1.82) is 0 Å². The minimum absolute atomic E-state index is 0.0745. The third-order valence-corrected chi connectivity index (χ3v) is 9.10. The number of carbonyl (C=O) groups excluding carboxylic acids is 1. The quantitative estimate of drug-likeness (QED) is 0.208. The topological polar surface area (TPSA) is 159 Å². The SMILES string of the molecule is CCCS(=O)(=O)Nc1ccc(CNc2cc(N3CCC(CO)CC3)nc(Nc3nc(C)c(C(=O)OCC)s3)n2)cc1. The second-order valence-electron chi connectivity index (χ2n) is 9.80. The van der Waals surface area contributed by atoms with Crippen LogP contribution in [-0.4, -0.2) is 66.5 Å². The number of anilines is 5. The third-order valence-electron chi connectivity index (χ3n) is 6.56. The molecule has 0 saturated carbocycles. The van der Waals surface area contributed by atoms with Crippen LogP contribution in [-0.2, 0) is 21.3 Å². The van der Waals surface area contributed by atoms with Crippen molar-refractivity contribution in [2.75, 3.05) is 52.3 Å². The maximum Gasteiger partial charge on any atom is 0.350 e. The first-order chi connectivity index (χ1) is 19.7. The van der Waals surface area contributed by atoms with Crippen molar-refractivity contribution in [1.82, 2.24) is 15.0 Å². The predicted octanol–water partition coefficient (Wildman–Crippen LogP) is 4.13. The van der Waals surface area contributed by atoms with E-state index < -0.39 is 16.0 Å². The summed E-state index contributed by atoms with van der Waals surface area (Å²) >= 11 is 1.18. The smallest absolute Gasteiger partial charge is 0.350 e. The van der Waals surface area contributed by atoms with Gasteiger partial charge in [-0.2, -0.15) is 9.97 Å². The summed E-state index contributed by atoms with van der Waals surface area (Å²) in [5, 5.41) is 16.5. The highest BCUT2D eigenvalue weighted by molar-refractivity contribution is 7.92. The van der Waals surface area contributed by atoms with Gasteiger partial charge in [0.15, 0.2) is 5.13 Å². The molecule has 0 radical (unpaired) electrons. The highest BCUT2D eigenvalue weighted by Crippen LogP contribution is 2.29. The number of rotatable bonds is 13. The molecule has 3 aromatic rings. The van der Waals surface area contributed by atoms with E-state index in [0.717, 1.165) is 37.3 Å². The van der Waals surface area contributed by atoms with E-state index in [2.05, 4.69) is 30.2 Å². The van der Waals surface area contributed by atoms with Crippen LogP contribution in [0.3, 0.4) is 0 Å². The minimum Gasteiger partial charge on any atom is -0.462 e. The van der Waals surface area contributed by atoms with Crippen LogP contribution in [0.2, 0.25) is 0 Å². The van der Waals surface area contributed by atoms with Crippen LogP contribution >= 0.6 is 11.3 Å². The molecule has 1 fully saturated rings. The molecule has 1 aliphatic heterocycles. The Bertz CT molecular complexity index is 1420. The Morgan fingerprint density at radius 1 is 1.15 bits per heavy atom. The molecule has 0 atom stereocenters. The van der Waals surface area contributed by atoms with E-state index in [-0.39, 0.29) is 24.9 Å². The highest BCUT2D eigenvalue weighted by atomic mass is 32.2. The average Bonchev–Trinajstić information content (AvgIpc) is 3.32. The number of esters is 1. The molecule has 2 aromatic heterocycles. The lowest BCUT2D eigenvalue weighted by atomic mass is 9.98. The van der Waals surface area contributed by atoms with E-state index in [1.165, 1.54) is 11.3 Å². The zero-order chi connectivity index (χ0) is 29.4. The van der Waals surface area contributed by atoms with Gasteiger partial charge in [0, 0.05) is 38.0 Å². The fraction of sp³-hybridized carbons (Fsp3) is 0.481. The van der Waals surface area contributed by atoms with Gasteiger partial charge < -0.3 is 20.1 Å². The summed E-state index contributed by atoms with van der Waals surface area (Å²) in [4.78, 5) is 28.7. The molecule has 0 unspecified atom stereocenters. The van der Waals surface area contributed by atoms with Crippen LogP contribution in [0.15, 0.2) is 30.3 Å². The number of aryl methyl sites for hydroxylation is 1. The number of ether oxygens (including phenoxy) is 1. The molecule has 0 amide bonds. The van der Waals surface area contributed by atoms with E-state index >= 15 is 0 Å². The van der Waals surface area contributed by atoms with Gasteiger partial charge in [-0.15, -0.1) is 0 Å². The Balaban J connectivity index is 1.51.